The van der Waals surface area contributed by atoms with Gasteiger partial charge in [-0.25, -0.2) is 0 Å². The number of nitro groups is 1. The van der Waals surface area contributed by atoms with Gasteiger partial charge >= 0.3 is 11.8 Å². The summed E-state index contributed by atoms with van der Waals surface area (Å²) in [4.78, 5) is 16.1. The molecule has 1 aliphatic rings. The van der Waals surface area contributed by atoms with Crippen LogP contribution in [-0.4, -0.2) is 33.7 Å². The van der Waals surface area contributed by atoms with Gasteiger partial charge < -0.3 is 19.8 Å². The van der Waals surface area contributed by atoms with E-state index in [0.29, 0.717) is 24.1 Å². The average molecular weight is 323 g/mol. The summed E-state index contributed by atoms with van der Waals surface area (Å²) in [6.07, 6.45) is 1.41. The lowest BCUT2D eigenvalue weighted by atomic mass is 10.1. The number of rotatable bonds is 4. The first-order chi connectivity index (χ1) is 10.4. The molecule has 0 bridgehead atoms. The van der Waals surface area contributed by atoms with Gasteiger partial charge in [-0.1, -0.05) is 11.6 Å². The first-order valence-electron chi connectivity index (χ1n) is 6.74. The van der Waals surface area contributed by atoms with E-state index < -0.39 is 10.5 Å². The van der Waals surface area contributed by atoms with Gasteiger partial charge in [0.15, 0.2) is 0 Å². The van der Waals surface area contributed by atoms with Gasteiger partial charge in [0.1, 0.15) is 11.8 Å². The molecule has 0 N–H and O–H groups in total. The van der Waals surface area contributed by atoms with E-state index in [1.165, 1.54) is 6.20 Å². The number of hydrogen-bond acceptors (Lipinski definition) is 5. The van der Waals surface area contributed by atoms with Crippen LogP contribution in [0.1, 0.15) is 6.92 Å². The Hall–Kier alpha value is -2.28. The summed E-state index contributed by atoms with van der Waals surface area (Å²) in [6, 6.07) is 7.83. The molecule has 0 spiro atoms. The molecular weight excluding hydrogens is 308 g/mol. The minimum Gasteiger partial charge on any atom is -0.436 e. The van der Waals surface area contributed by atoms with Gasteiger partial charge in [-0.05, 0) is 36.1 Å². The number of halogens is 1. The quantitative estimate of drug-likeness (QED) is 0.639. The van der Waals surface area contributed by atoms with Crippen LogP contribution in [-0.2, 0) is 6.54 Å². The Bertz CT molecular complexity index is 690. The highest BCUT2D eigenvalue weighted by Crippen LogP contribution is 2.32. The lowest BCUT2D eigenvalue weighted by Gasteiger charge is -2.29. The molecule has 0 saturated carbocycles. The molecule has 2 aromatic rings. The van der Waals surface area contributed by atoms with Crippen LogP contribution in [0.15, 0.2) is 30.5 Å². The molecule has 1 aliphatic heterocycles. The van der Waals surface area contributed by atoms with Gasteiger partial charge in [0.25, 0.3) is 0 Å². The molecule has 1 atom stereocenters. The Labute approximate surface area is 132 Å². The maximum absolute atomic E-state index is 10.7. The predicted octanol–water partition coefficient (Wildman–Crippen LogP) is 2.73. The molecule has 0 unspecified atom stereocenters. The van der Waals surface area contributed by atoms with Crippen molar-refractivity contribution in [2.45, 2.75) is 19.1 Å². The second kappa shape index (κ2) is 5.17. The van der Waals surface area contributed by atoms with Crippen molar-refractivity contribution >= 4 is 23.1 Å². The van der Waals surface area contributed by atoms with Crippen molar-refractivity contribution in [1.82, 2.24) is 9.55 Å². The highest BCUT2D eigenvalue weighted by Gasteiger charge is 2.41. The lowest BCUT2D eigenvalue weighted by molar-refractivity contribution is -0.389. The molecule has 0 radical (unpaired) electrons. The van der Waals surface area contributed by atoms with Crippen molar-refractivity contribution in [3.8, 4) is 6.01 Å². The summed E-state index contributed by atoms with van der Waals surface area (Å²) in [7, 11) is 1.96. The smallest absolute Gasteiger partial charge is 0.415 e. The van der Waals surface area contributed by atoms with E-state index in [1.54, 1.807) is 4.57 Å². The van der Waals surface area contributed by atoms with Crippen molar-refractivity contribution in [2.24, 2.45) is 0 Å². The van der Waals surface area contributed by atoms with Crippen molar-refractivity contribution in [3.05, 3.63) is 45.6 Å². The fraction of sp³-hybridized carbons (Fsp3) is 0.357. The van der Waals surface area contributed by atoms with Crippen LogP contribution in [0.4, 0.5) is 11.5 Å². The first kappa shape index (κ1) is 14.6. The summed E-state index contributed by atoms with van der Waals surface area (Å²) in [5, 5.41) is 11.4. The number of hydrogen-bond donors (Lipinski definition) is 0. The summed E-state index contributed by atoms with van der Waals surface area (Å²) in [5.41, 5.74) is 0.524. The van der Waals surface area contributed by atoms with Crippen LogP contribution < -0.4 is 9.64 Å². The molecule has 7 nitrogen and oxygen atoms in total. The van der Waals surface area contributed by atoms with Gasteiger partial charge in [0.05, 0.1) is 13.1 Å². The first-order valence-corrected chi connectivity index (χ1v) is 7.11. The van der Waals surface area contributed by atoms with Crippen molar-refractivity contribution in [3.63, 3.8) is 0 Å². The zero-order valence-corrected chi connectivity index (χ0v) is 12.9. The highest BCUT2D eigenvalue weighted by molar-refractivity contribution is 6.30. The summed E-state index contributed by atoms with van der Waals surface area (Å²) in [6.45, 7) is 3.09. The molecule has 0 fully saturated rings. The molecule has 1 aromatic heterocycles. The maximum Gasteiger partial charge on any atom is 0.415 e. The fourth-order valence-corrected chi connectivity index (χ4v) is 2.78. The zero-order valence-electron chi connectivity index (χ0n) is 12.2. The summed E-state index contributed by atoms with van der Waals surface area (Å²) >= 11 is 5.89. The standard InChI is InChI=1S/C14H15ClN4O3/c1-14(8-17(2)11-5-3-10(15)4-6-11)9-18-7-12(19(20)21)16-13(18)22-14/h3-7H,8-9H2,1-2H3/t14-/m0/s1. The summed E-state index contributed by atoms with van der Waals surface area (Å²) < 4.78 is 7.50. The summed E-state index contributed by atoms with van der Waals surface area (Å²) in [5.74, 6) is -0.192. The predicted molar refractivity (Wildman–Crippen MR) is 82.6 cm³/mol. The van der Waals surface area contributed by atoms with E-state index >= 15 is 0 Å². The molecule has 116 valence electrons. The van der Waals surface area contributed by atoms with Gasteiger partial charge in [0, 0.05) is 22.7 Å². The second-order valence-corrected chi connectivity index (χ2v) is 6.09. The molecule has 1 aromatic carbocycles. The van der Waals surface area contributed by atoms with E-state index in [9.17, 15) is 10.1 Å². The van der Waals surface area contributed by atoms with Gasteiger partial charge in [-0.2, -0.15) is 0 Å². The molecule has 8 heteroatoms. The van der Waals surface area contributed by atoms with Crippen LogP contribution >= 0.6 is 11.6 Å². The van der Waals surface area contributed by atoms with Gasteiger partial charge in [-0.3, -0.25) is 4.57 Å². The van der Waals surface area contributed by atoms with Crippen molar-refractivity contribution in [2.75, 3.05) is 18.5 Å². The van der Waals surface area contributed by atoms with Crippen LogP contribution in [0, 0.1) is 10.1 Å². The normalized spacial score (nSPS) is 19.6. The Morgan fingerprint density at radius 1 is 1.50 bits per heavy atom. The van der Waals surface area contributed by atoms with E-state index in [-0.39, 0.29) is 5.82 Å². The van der Waals surface area contributed by atoms with E-state index in [2.05, 4.69) is 9.88 Å². The molecule has 0 saturated heterocycles. The van der Waals surface area contributed by atoms with Gasteiger partial charge in [-0.15, -0.1) is 0 Å². The second-order valence-electron chi connectivity index (χ2n) is 5.65. The number of ether oxygens (including phenoxy) is 1. The van der Waals surface area contributed by atoms with Crippen LogP contribution in [0.5, 0.6) is 6.01 Å². The van der Waals surface area contributed by atoms with Gasteiger partial charge in [0.2, 0.25) is 0 Å². The van der Waals surface area contributed by atoms with Crippen molar-refractivity contribution in [1.29, 1.82) is 0 Å². The van der Waals surface area contributed by atoms with Crippen molar-refractivity contribution < 1.29 is 9.66 Å². The zero-order chi connectivity index (χ0) is 15.9. The molecule has 2 heterocycles. The minimum atomic E-state index is -0.522. The monoisotopic (exact) mass is 322 g/mol. The average Bonchev–Trinajstić information content (AvgIpc) is 2.94. The number of likely N-dealkylation sites (N-methyl/N-ethyl adjacent to an activating group) is 1. The number of benzene rings is 1. The largest absolute Gasteiger partial charge is 0.436 e. The van der Waals surface area contributed by atoms with E-state index in [0.717, 1.165) is 5.69 Å². The minimum absolute atomic E-state index is 0.192. The number of fused-ring (bicyclic) bond motifs is 1. The van der Waals surface area contributed by atoms with Crippen LogP contribution in [0.3, 0.4) is 0 Å². The van der Waals surface area contributed by atoms with E-state index in [1.807, 2.05) is 38.2 Å². The molecule has 0 aliphatic carbocycles. The third-order valence-electron chi connectivity index (χ3n) is 3.60. The number of imidazole rings is 1. The lowest BCUT2D eigenvalue weighted by Crippen LogP contribution is -2.43. The van der Waals surface area contributed by atoms with Crippen LogP contribution in [0.25, 0.3) is 0 Å². The van der Waals surface area contributed by atoms with Crippen LogP contribution in [0.2, 0.25) is 5.02 Å². The highest BCUT2D eigenvalue weighted by atomic mass is 35.5. The number of anilines is 1. The molecular formula is C14H15ClN4O3. The SMILES string of the molecule is CN(C[C@@]1(C)Cn2cc([N+](=O)[O-])nc2O1)c1ccc(Cl)cc1. The number of aromatic nitrogens is 2. The van der Waals surface area contributed by atoms with E-state index in [4.69, 9.17) is 16.3 Å². The maximum atomic E-state index is 10.7. The fourth-order valence-electron chi connectivity index (χ4n) is 2.65. The molecule has 3 rings (SSSR count). The Balaban J connectivity index is 1.71. The Morgan fingerprint density at radius 2 is 2.18 bits per heavy atom. The third-order valence-corrected chi connectivity index (χ3v) is 3.85. The number of nitrogens with zero attached hydrogens (tertiary/aromatic N) is 4. The molecule has 0 amide bonds. The topological polar surface area (TPSA) is 73.4 Å². The Morgan fingerprint density at radius 3 is 2.77 bits per heavy atom. The Kier molecular flexibility index (Phi) is 3.44. The third kappa shape index (κ3) is 2.71. The molecule has 22 heavy (non-hydrogen) atoms.